The second-order valence-electron chi connectivity index (χ2n) is 4.03. The average molecular weight is 275 g/mol. The predicted octanol–water partition coefficient (Wildman–Crippen LogP) is 3.03. The standard InChI is InChI=1S/C13H16F3NO2/c1-3-4-5-6-17-13(18)8-7-9(14)11(16)12(19-2)10(8)15/h7H,3-6H2,1-2H3,(H,17,18). The topological polar surface area (TPSA) is 38.3 Å². The van der Waals surface area contributed by atoms with Crippen molar-refractivity contribution in [2.24, 2.45) is 0 Å². The van der Waals surface area contributed by atoms with E-state index in [4.69, 9.17) is 0 Å². The van der Waals surface area contributed by atoms with E-state index < -0.39 is 34.7 Å². The molecule has 0 aliphatic carbocycles. The highest BCUT2D eigenvalue weighted by Crippen LogP contribution is 2.26. The minimum atomic E-state index is -1.44. The summed E-state index contributed by atoms with van der Waals surface area (Å²) in [5.74, 6) is -5.64. The number of carbonyl (C=O) groups excluding carboxylic acids is 1. The number of amides is 1. The Morgan fingerprint density at radius 3 is 2.53 bits per heavy atom. The van der Waals surface area contributed by atoms with Gasteiger partial charge in [-0.05, 0) is 12.5 Å². The smallest absolute Gasteiger partial charge is 0.254 e. The minimum absolute atomic E-state index is 0.355. The van der Waals surface area contributed by atoms with Gasteiger partial charge in [-0.15, -0.1) is 0 Å². The number of halogens is 3. The van der Waals surface area contributed by atoms with Crippen molar-refractivity contribution >= 4 is 5.91 Å². The summed E-state index contributed by atoms with van der Waals surface area (Å²) in [6, 6.07) is 0.530. The van der Waals surface area contributed by atoms with Crippen molar-refractivity contribution in [3.63, 3.8) is 0 Å². The van der Waals surface area contributed by atoms with Crippen LogP contribution < -0.4 is 10.1 Å². The fourth-order valence-corrected chi connectivity index (χ4v) is 1.60. The molecule has 0 bridgehead atoms. The summed E-state index contributed by atoms with van der Waals surface area (Å²) < 4.78 is 44.6. The van der Waals surface area contributed by atoms with E-state index in [2.05, 4.69) is 10.1 Å². The fourth-order valence-electron chi connectivity index (χ4n) is 1.60. The number of nitrogens with one attached hydrogen (secondary N) is 1. The number of rotatable bonds is 6. The van der Waals surface area contributed by atoms with Crippen molar-refractivity contribution in [3.05, 3.63) is 29.1 Å². The molecule has 0 aliphatic rings. The van der Waals surface area contributed by atoms with E-state index in [0.29, 0.717) is 12.6 Å². The van der Waals surface area contributed by atoms with E-state index in [1.807, 2.05) is 6.92 Å². The van der Waals surface area contributed by atoms with Crippen LogP contribution in [0, 0.1) is 17.5 Å². The summed E-state index contributed by atoms with van der Waals surface area (Å²) in [7, 11) is 1.00. The molecule has 3 nitrogen and oxygen atoms in total. The molecule has 0 unspecified atom stereocenters. The molecule has 1 amide bonds. The van der Waals surface area contributed by atoms with Gasteiger partial charge in [-0.25, -0.2) is 8.78 Å². The van der Waals surface area contributed by atoms with Crippen molar-refractivity contribution in [1.29, 1.82) is 0 Å². The van der Waals surface area contributed by atoms with E-state index in [9.17, 15) is 18.0 Å². The predicted molar refractivity (Wildman–Crippen MR) is 64.7 cm³/mol. The zero-order chi connectivity index (χ0) is 14.4. The lowest BCUT2D eigenvalue weighted by Crippen LogP contribution is -2.26. The molecule has 6 heteroatoms. The van der Waals surface area contributed by atoms with Gasteiger partial charge in [0.25, 0.3) is 5.91 Å². The number of hydrogen-bond donors (Lipinski definition) is 1. The lowest BCUT2D eigenvalue weighted by molar-refractivity contribution is 0.0947. The maximum absolute atomic E-state index is 13.7. The summed E-state index contributed by atoms with van der Waals surface area (Å²) in [6.45, 7) is 2.36. The van der Waals surface area contributed by atoms with Crippen molar-refractivity contribution in [3.8, 4) is 5.75 Å². The quantitative estimate of drug-likeness (QED) is 0.640. The van der Waals surface area contributed by atoms with Crippen LogP contribution in [-0.4, -0.2) is 19.6 Å². The van der Waals surface area contributed by atoms with Gasteiger partial charge in [0.2, 0.25) is 5.82 Å². The highest BCUT2D eigenvalue weighted by molar-refractivity contribution is 5.95. The third-order valence-electron chi connectivity index (χ3n) is 2.63. The maximum atomic E-state index is 13.7. The first kappa shape index (κ1) is 15.3. The Bertz CT molecular complexity index is 464. The Hall–Kier alpha value is -1.72. The Kier molecular flexibility index (Phi) is 5.66. The third kappa shape index (κ3) is 3.62. The summed E-state index contributed by atoms with van der Waals surface area (Å²) >= 11 is 0. The van der Waals surface area contributed by atoms with E-state index in [0.717, 1.165) is 26.4 Å². The van der Waals surface area contributed by atoms with Crippen LogP contribution in [0.15, 0.2) is 6.07 Å². The normalized spacial score (nSPS) is 10.4. The van der Waals surface area contributed by atoms with E-state index >= 15 is 0 Å². The van der Waals surface area contributed by atoms with Gasteiger partial charge in [0, 0.05) is 6.54 Å². The molecule has 0 radical (unpaired) electrons. The monoisotopic (exact) mass is 275 g/mol. The molecule has 0 heterocycles. The number of ether oxygens (including phenoxy) is 1. The van der Waals surface area contributed by atoms with Crippen LogP contribution in [0.1, 0.15) is 36.5 Å². The van der Waals surface area contributed by atoms with Gasteiger partial charge < -0.3 is 10.1 Å². The van der Waals surface area contributed by atoms with E-state index in [1.54, 1.807) is 0 Å². The molecule has 106 valence electrons. The number of methoxy groups -OCH3 is 1. The van der Waals surface area contributed by atoms with Gasteiger partial charge in [-0.2, -0.15) is 4.39 Å². The first-order valence-electron chi connectivity index (χ1n) is 6.02. The third-order valence-corrected chi connectivity index (χ3v) is 2.63. The van der Waals surface area contributed by atoms with Crippen LogP contribution in [0.3, 0.4) is 0 Å². The lowest BCUT2D eigenvalue weighted by atomic mass is 10.1. The summed E-state index contributed by atoms with van der Waals surface area (Å²) in [5.41, 5.74) is -0.563. The first-order valence-corrected chi connectivity index (χ1v) is 6.02. The van der Waals surface area contributed by atoms with Gasteiger partial charge in [0.15, 0.2) is 17.4 Å². The number of benzene rings is 1. The van der Waals surface area contributed by atoms with Gasteiger partial charge in [-0.1, -0.05) is 19.8 Å². The molecule has 0 spiro atoms. The molecule has 1 aromatic rings. The van der Waals surface area contributed by atoms with Crippen molar-refractivity contribution in [1.82, 2.24) is 5.32 Å². The summed E-state index contributed by atoms with van der Waals surface area (Å²) in [6.07, 6.45) is 2.64. The molecule has 0 aromatic heterocycles. The fraction of sp³-hybridized carbons (Fsp3) is 0.462. The van der Waals surface area contributed by atoms with Crippen LogP contribution in [0.25, 0.3) is 0 Å². The molecule has 0 saturated carbocycles. The van der Waals surface area contributed by atoms with Crippen LogP contribution in [0.5, 0.6) is 5.75 Å². The minimum Gasteiger partial charge on any atom is -0.491 e. The Balaban J connectivity index is 2.88. The SMILES string of the molecule is CCCCCNC(=O)c1cc(F)c(F)c(OC)c1F. The van der Waals surface area contributed by atoms with Gasteiger partial charge in [-0.3, -0.25) is 4.79 Å². The van der Waals surface area contributed by atoms with Crippen molar-refractivity contribution in [2.75, 3.05) is 13.7 Å². The number of hydrogen-bond acceptors (Lipinski definition) is 2. The van der Waals surface area contributed by atoms with Gasteiger partial charge in [0.1, 0.15) is 0 Å². The van der Waals surface area contributed by atoms with Gasteiger partial charge in [0.05, 0.1) is 12.7 Å². The molecule has 1 N–H and O–H groups in total. The van der Waals surface area contributed by atoms with Crippen molar-refractivity contribution < 1.29 is 22.7 Å². The highest BCUT2D eigenvalue weighted by Gasteiger charge is 2.23. The molecule has 1 aromatic carbocycles. The first-order chi connectivity index (χ1) is 9.02. The summed E-state index contributed by atoms with van der Waals surface area (Å²) in [4.78, 5) is 11.7. The van der Waals surface area contributed by atoms with Crippen LogP contribution in [0.2, 0.25) is 0 Å². The largest absolute Gasteiger partial charge is 0.491 e. The molecule has 19 heavy (non-hydrogen) atoms. The number of unbranched alkanes of at least 4 members (excludes halogenated alkanes) is 2. The Labute approximate surface area is 109 Å². The maximum Gasteiger partial charge on any atom is 0.254 e. The second-order valence-corrected chi connectivity index (χ2v) is 4.03. The van der Waals surface area contributed by atoms with Crippen LogP contribution in [0.4, 0.5) is 13.2 Å². The zero-order valence-corrected chi connectivity index (χ0v) is 10.9. The molecular formula is C13H16F3NO2. The zero-order valence-electron chi connectivity index (χ0n) is 10.9. The van der Waals surface area contributed by atoms with Gasteiger partial charge >= 0.3 is 0 Å². The molecule has 0 aliphatic heterocycles. The molecule has 1 rings (SSSR count). The van der Waals surface area contributed by atoms with Crippen molar-refractivity contribution in [2.45, 2.75) is 26.2 Å². The molecule has 0 atom stereocenters. The Morgan fingerprint density at radius 1 is 1.26 bits per heavy atom. The lowest BCUT2D eigenvalue weighted by Gasteiger charge is -2.10. The van der Waals surface area contributed by atoms with Crippen LogP contribution in [-0.2, 0) is 0 Å². The molecule has 0 fully saturated rings. The highest BCUT2D eigenvalue weighted by atomic mass is 19.2. The number of carbonyl (C=O) groups is 1. The van der Waals surface area contributed by atoms with E-state index in [-0.39, 0.29) is 0 Å². The second kappa shape index (κ2) is 7.01. The Morgan fingerprint density at radius 2 is 1.95 bits per heavy atom. The van der Waals surface area contributed by atoms with E-state index in [1.165, 1.54) is 0 Å². The van der Waals surface area contributed by atoms with Crippen LogP contribution >= 0.6 is 0 Å². The molecule has 0 saturated heterocycles. The molecular weight excluding hydrogens is 259 g/mol. The summed E-state index contributed by atoms with van der Waals surface area (Å²) in [5, 5.41) is 2.45. The average Bonchev–Trinajstić information content (AvgIpc) is 2.39.